The Kier molecular flexibility index (Phi) is 5.61. The third-order valence-corrected chi connectivity index (χ3v) is 4.11. The van der Waals surface area contributed by atoms with Gasteiger partial charge in [-0.1, -0.05) is 18.2 Å². The van der Waals surface area contributed by atoms with E-state index in [-0.39, 0.29) is 17.9 Å². The fraction of sp³-hybridized carbons (Fsp3) is 0.200. The molecule has 1 aromatic carbocycles. The van der Waals surface area contributed by atoms with Crippen molar-refractivity contribution < 1.29 is 9.59 Å². The first-order valence-electron chi connectivity index (χ1n) is 8.63. The molecule has 3 rings (SSSR count). The van der Waals surface area contributed by atoms with Gasteiger partial charge in [-0.05, 0) is 30.7 Å². The van der Waals surface area contributed by atoms with E-state index in [9.17, 15) is 9.59 Å². The van der Waals surface area contributed by atoms with E-state index in [2.05, 4.69) is 20.7 Å². The molecular formula is C20H21N5O2. The molecule has 0 radical (unpaired) electrons. The summed E-state index contributed by atoms with van der Waals surface area (Å²) in [5.74, 6) is -0.298. The molecule has 0 saturated heterocycles. The number of aromatic nitrogens is 3. The van der Waals surface area contributed by atoms with Gasteiger partial charge < -0.3 is 10.6 Å². The quantitative estimate of drug-likeness (QED) is 0.704. The number of hydrogen-bond acceptors (Lipinski definition) is 4. The van der Waals surface area contributed by atoms with Crippen molar-refractivity contribution in [3.05, 3.63) is 77.9 Å². The predicted molar refractivity (Wildman–Crippen MR) is 101 cm³/mol. The van der Waals surface area contributed by atoms with E-state index >= 15 is 0 Å². The van der Waals surface area contributed by atoms with Gasteiger partial charge in [0.25, 0.3) is 5.91 Å². The molecule has 27 heavy (non-hydrogen) atoms. The van der Waals surface area contributed by atoms with E-state index in [1.165, 1.54) is 6.92 Å². The highest BCUT2D eigenvalue weighted by Gasteiger charge is 2.16. The van der Waals surface area contributed by atoms with Crippen molar-refractivity contribution in [2.75, 3.05) is 0 Å². The monoisotopic (exact) mass is 363 g/mol. The van der Waals surface area contributed by atoms with Gasteiger partial charge in [0, 0.05) is 37.6 Å². The van der Waals surface area contributed by atoms with Crippen LogP contribution in [0.3, 0.4) is 0 Å². The smallest absolute Gasteiger partial charge is 0.253 e. The molecule has 2 amide bonds. The maximum atomic E-state index is 12.8. The van der Waals surface area contributed by atoms with Crippen LogP contribution in [0.25, 0.3) is 5.69 Å². The maximum Gasteiger partial charge on any atom is 0.253 e. The van der Waals surface area contributed by atoms with Crippen molar-refractivity contribution in [1.29, 1.82) is 0 Å². The summed E-state index contributed by atoms with van der Waals surface area (Å²) >= 11 is 0. The Bertz CT molecular complexity index is 936. The molecular weight excluding hydrogens is 342 g/mol. The Morgan fingerprint density at radius 1 is 1.15 bits per heavy atom. The van der Waals surface area contributed by atoms with E-state index in [1.54, 1.807) is 35.5 Å². The molecule has 138 valence electrons. The summed E-state index contributed by atoms with van der Waals surface area (Å²) in [4.78, 5) is 28.0. The first-order valence-corrected chi connectivity index (χ1v) is 8.63. The number of carbonyl (C=O) groups excluding carboxylic acids is 2. The first-order chi connectivity index (χ1) is 13.0. The Morgan fingerprint density at radius 3 is 2.70 bits per heavy atom. The lowest BCUT2D eigenvalue weighted by molar-refractivity contribution is -0.119. The van der Waals surface area contributed by atoms with Crippen LogP contribution >= 0.6 is 0 Å². The van der Waals surface area contributed by atoms with Gasteiger partial charge >= 0.3 is 0 Å². The molecule has 1 unspecified atom stereocenters. The zero-order valence-electron chi connectivity index (χ0n) is 15.2. The van der Waals surface area contributed by atoms with Crippen LogP contribution in [0.5, 0.6) is 0 Å². The molecule has 2 N–H and O–H groups in total. The molecule has 2 heterocycles. The van der Waals surface area contributed by atoms with Gasteiger partial charge in [-0.15, -0.1) is 0 Å². The van der Waals surface area contributed by atoms with Gasteiger partial charge in [0.15, 0.2) is 0 Å². The van der Waals surface area contributed by atoms with E-state index in [0.717, 1.165) is 11.1 Å². The van der Waals surface area contributed by atoms with Crippen LogP contribution in [-0.4, -0.2) is 26.6 Å². The Hall–Kier alpha value is -3.48. The Morgan fingerprint density at radius 2 is 1.96 bits per heavy atom. The lowest BCUT2D eigenvalue weighted by Crippen LogP contribution is -2.27. The zero-order chi connectivity index (χ0) is 19.2. The third kappa shape index (κ3) is 4.58. The van der Waals surface area contributed by atoms with Crippen molar-refractivity contribution in [3.63, 3.8) is 0 Å². The van der Waals surface area contributed by atoms with Gasteiger partial charge in [0.1, 0.15) is 0 Å². The van der Waals surface area contributed by atoms with Crippen LogP contribution in [0.4, 0.5) is 0 Å². The summed E-state index contributed by atoms with van der Waals surface area (Å²) in [6, 6.07) is 10.8. The number of nitrogens with zero attached hydrogens (tertiary/aromatic N) is 3. The number of rotatable bonds is 6. The summed E-state index contributed by atoms with van der Waals surface area (Å²) in [5.41, 5.74) is 2.97. The lowest BCUT2D eigenvalue weighted by Gasteiger charge is -2.15. The molecule has 3 aromatic rings. The van der Waals surface area contributed by atoms with Crippen LogP contribution in [-0.2, 0) is 11.3 Å². The van der Waals surface area contributed by atoms with E-state index in [1.807, 2.05) is 37.3 Å². The second kappa shape index (κ2) is 8.27. The van der Waals surface area contributed by atoms with Crippen molar-refractivity contribution in [1.82, 2.24) is 25.4 Å². The molecule has 7 heteroatoms. The Labute approximate surface area is 157 Å². The molecule has 0 aliphatic carbocycles. The van der Waals surface area contributed by atoms with Crippen LogP contribution < -0.4 is 10.6 Å². The SMILES string of the molecule is CC(=O)NCc1cnn(-c2ccccc2C(=O)NC(C)c2cccnc2)c1. The van der Waals surface area contributed by atoms with Crippen molar-refractivity contribution in [2.45, 2.75) is 26.4 Å². The molecule has 7 nitrogen and oxygen atoms in total. The maximum absolute atomic E-state index is 12.8. The molecule has 0 fully saturated rings. The van der Waals surface area contributed by atoms with Gasteiger partial charge in [0.05, 0.1) is 23.5 Å². The summed E-state index contributed by atoms with van der Waals surface area (Å²) in [6.45, 7) is 3.77. The second-order valence-corrected chi connectivity index (χ2v) is 6.20. The molecule has 0 spiro atoms. The summed E-state index contributed by atoms with van der Waals surface area (Å²) in [7, 11) is 0. The minimum absolute atomic E-state index is 0.105. The van der Waals surface area contributed by atoms with Gasteiger partial charge in [0.2, 0.25) is 5.91 Å². The standard InChI is InChI=1S/C20H21N5O2/c1-14(17-6-5-9-21-12-17)24-20(27)18-7-3-4-8-19(18)25-13-16(11-23-25)10-22-15(2)26/h3-9,11-14H,10H2,1-2H3,(H,22,26)(H,24,27). The highest BCUT2D eigenvalue weighted by atomic mass is 16.2. The van der Waals surface area contributed by atoms with E-state index in [4.69, 9.17) is 0 Å². The molecule has 0 aliphatic rings. The number of nitrogens with one attached hydrogen (secondary N) is 2. The number of carbonyl (C=O) groups is 2. The number of amides is 2. The molecule has 1 atom stereocenters. The highest BCUT2D eigenvalue weighted by Crippen LogP contribution is 2.17. The third-order valence-electron chi connectivity index (χ3n) is 4.11. The molecule has 0 aliphatic heterocycles. The number of pyridine rings is 1. The highest BCUT2D eigenvalue weighted by molar-refractivity contribution is 5.98. The summed E-state index contributed by atoms with van der Waals surface area (Å²) < 4.78 is 1.64. The van der Waals surface area contributed by atoms with Crippen molar-refractivity contribution in [3.8, 4) is 5.69 Å². The number of hydrogen-bond donors (Lipinski definition) is 2. The van der Waals surface area contributed by atoms with Crippen LogP contribution in [0.1, 0.15) is 41.4 Å². The van der Waals surface area contributed by atoms with Gasteiger partial charge in [-0.3, -0.25) is 14.6 Å². The Balaban J connectivity index is 1.79. The lowest BCUT2D eigenvalue weighted by atomic mass is 10.1. The molecule has 2 aromatic heterocycles. The predicted octanol–water partition coefficient (Wildman–Crippen LogP) is 2.39. The minimum Gasteiger partial charge on any atom is -0.352 e. The summed E-state index contributed by atoms with van der Waals surface area (Å²) in [6.07, 6.45) is 6.90. The number of benzene rings is 1. The normalized spacial score (nSPS) is 11.6. The van der Waals surface area contributed by atoms with E-state index in [0.29, 0.717) is 17.8 Å². The van der Waals surface area contributed by atoms with E-state index < -0.39 is 0 Å². The fourth-order valence-electron chi connectivity index (χ4n) is 2.66. The topological polar surface area (TPSA) is 88.9 Å². The average Bonchev–Trinajstić information content (AvgIpc) is 3.16. The zero-order valence-corrected chi connectivity index (χ0v) is 15.2. The summed E-state index contributed by atoms with van der Waals surface area (Å²) in [5, 5.41) is 10.0. The van der Waals surface area contributed by atoms with Gasteiger partial charge in [-0.2, -0.15) is 5.10 Å². The van der Waals surface area contributed by atoms with Crippen LogP contribution in [0, 0.1) is 0 Å². The van der Waals surface area contributed by atoms with Crippen LogP contribution in [0.15, 0.2) is 61.2 Å². The second-order valence-electron chi connectivity index (χ2n) is 6.20. The van der Waals surface area contributed by atoms with Gasteiger partial charge in [-0.25, -0.2) is 4.68 Å². The van der Waals surface area contributed by atoms with Crippen LogP contribution in [0.2, 0.25) is 0 Å². The molecule has 0 bridgehead atoms. The van der Waals surface area contributed by atoms with Crippen molar-refractivity contribution >= 4 is 11.8 Å². The molecule has 0 saturated carbocycles. The number of para-hydroxylation sites is 1. The average molecular weight is 363 g/mol. The largest absolute Gasteiger partial charge is 0.352 e. The first kappa shape index (κ1) is 18.3. The minimum atomic E-state index is -0.194. The fourth-order valence-corrected chi connectivity index (χ4v) is 2.66. The van der Waals surface area contributed by atoms with Crippen molar-refractivity contribution in [2.24, 2.45) is 0 Å².